The topological polar surface area (TPSA) is 52.0 Å². The largest absolute Gasteiger partial charge is 0.424 e. The molecule has 3 heteroatoms. The number of hydrogen-bond acceptors (Lipinski definition) is 3. The van der Waals surface area contributed by atoms with Crippen LogP contribution in [-0.2, 0) is 0 Å². The third kappa shape index (κ3) is 0.863. The summed E-state index contributed by atoms with van der Waals surface area (Å²) in [6, 6.07) is 4.13. The Kier molecular flexibility index (Phi) is 1.33. The molecule has 0 saturated heterocycles. The number of aryl methyl sites for hydroxylation is 2. The van der Waals surface area contributed by atoms with Crippen LogP contribution in [0.4, 0.5) is 6.01 Å². The summed E-state index contributed by atoms with van der Waals surface area (Å²) in [7, 11) is 0. The van der Waals surface area contributed by atoms with Crippen LogP contribution in [0.3, 0.4) is 0 Å². The van der Waals surface area contributed by atoms with E-state index in [0.717, 1.165) is 16.7 Å². The summed E-state index contributed by atoms with van der Waals surface area (Å²) in [6.07, 6.45) is 0. The van der Waals surface area contributed by atoms with Gasteiger partial charge in [0, 0.05) is 0 Å². The molecule has 0 radical (unpaired) electrons. The minimum atomic E-state index is 0.235. The van der Waals surface area contributed by atoms with E-state index in [1.807, 2.05) is 26.0 Å². The van der Waals surface area contributed by atoms with Crippen molar-refractivity contribution in [2.24, 2.45) is 0 Å². The molecule has 1 heterocycles. The van der Waals surface area contributed by atoms with Gasteiger partial charge < -0.3 is 10.2 Å². The zero-order chi connectivity index (χ0) is 8.72. The minimum absolute atomic E-state index is 0.235. The molecule has 2 rings (SSSR count). The summed E-state index contributed by atoms with van der Waals surface area (Å²) in [6.45, 7) is 4.05. The second-order valence-electron chi connectivity index (χ2n) is 2.91. The number of anilines is 1. The number of nitrogens with two attached hydrogens (primary N) is 1. The maximum atomic E-state index is 5.43. The molecule has 1 aromatic heterocycles. The third-order valence-electron chi connectivity index (χ3n) is 2.10. The van der Waals surface area contributed by atoms with E-state index in [2.05, 4.69) is 4.98 Å². The van der Waals surface area contributed by atoms with E-state index < -0.39 is 0 Å². The maximum absolute atomic E-state index is 5.43. The fourth-order valence-electron chi connectivity index (χ4n) is 1.24. The van der Waals surface area contributed by atoms with Gasteiger partial charge in [-0.2, -0.15) is 4.98 Å². The lowest BCUT2D eigenvalue weighted by Gasteiger charge is -1.96. The van der Waals surface area contributed by atoms with Crippen molar-refractivity contribution < 1.29 is 4.42 Å². The first-order valence-corrected chi connectivity index (χ1v) is 3.80. The number of rotatable bonds is 0. The standard InChI is InChI=1S/C9H10N2O/c1-5-3-4-7-8(6(5)2)11-9(10)12-7/h3-4H,1-2H3,(H2,10,11). The Morgan fingerprint density at radius 3 is 2.83 bits per heavy atom. The number of nitrogens with zero attached hydrogens (tertiary/aromatic N) is 1. The van der Waals surface area contributed by atoms with Gasteiger partial charge in [0.05, 0.1) is 0 Å². The highest BCUT2D eigenvalue weighted by Crippen LogP contribution is 2.22. The molecule has 0 saturated carbocycles. The predicted molar refractivity (Wildman–Crippen MR) is 47.9 cm³/mol. The Hall–Kier alpha value is -1.51. The van der Waals surface area contributed by atoms with Gasteiger partial charge >= 0.3 is 0 Å². The van der Waals surface area contributed by atoms with Crippen molar-refractivity contribution in [3.8, 4) is 0 Å². The van der Waals surface area contributed by atoms with Crippen LogP contribution in [-0.4, -0.2) is 4.98 Å². The number of hydrogen-bond donors (Lipinski definition) is 1. The first kappa shape index (κ1) is 7.16. The molecular formula is C9H10N2O. The normalized spacial score (nSPS) is 10.8. The molecule has 0 aliphatic carbocycles. The van der Waals surface area contributed by atoms with Crippen LogP contribution < -0.4 is 5.73 Å². The molecule has 0 aliphatic heterocycles. The highest BCUT2D eigenvalue weighted by Gasteiger charge is 2.06. The van der Waals surface area contributed by atoms with E-state index in [1.165, 1.54) is 5.56 Å². The maximum Gasteiger partial charge on any atom is 0.292 e. The van der Waals surface area contributed by atoms with E-state index in [4.69, 9.17) is 10.2 Å². The van der Waals surface area contributed by atoms with Crippen LogP contribution in [0.1, 0.15) is 11.1 Å². The van der Waals surface area contributed by atoms with Gasteiger partial charge in [0.15, 0.2) is 5.58 Å². The van der Waals surface area contributed by atoms with E-state index in [9.17, 15) is 0 Å². The molecular weight excluding hydrogens is 152 g/mol. The molecule has 3 nitrogen and oxygen atoms in total. The molecule has 0 aliphatic rings. The monoisotopic (exact) mass is 162 g/mol. The quantitative estimate of drug-likeness (QED) is 0.644. The van der Waals surface area contributed by atoms with Crippen molar-refractivity contribution >= 4 is 17.1 Å². The molecule has 0 bridgehead atoms. The Labute approximate surface area is 70.2 Å². The SMILES string of the molecule is Cc1ccc2oc(N)nc2c1C. The Morgan fingerprint density at radius 1 is 1.33 bits per heavy atom. The molecule has 62 valence electrons. The predicted octanol–water partition coefficient (Wildman–Crippen LogP) is 2.03. The van der Waals surface area contributed by atoms with Gasteiger partial charge in [-0.1, -0.05) is 6.07 Å². The van der Waals surface area contributed by atoms with E-state index in [-0.39, 0.29) is 6.01 Å². The van der Waals surface area contributed by atoms with Crippen LogP contribution in [0.5, 0.6) is 0 Å². The summed E-state index contributed by atoms with van der Waals surface area (Å²) in [5.74, 6) is 0. The molecule has 0 atom stereocenters. The van der Waals surface area contributed by atoms with Gasteiger partial charge in [0.1, 0.15) is 5.52 Å². The summed E-state index contributed by atoms with van der Waals surface area (Å²) >= 11 is 0. The Balaban J connectivity index is 2.89. The fraction of sp³-hybridized carbons (Fsp3) is 0.222. The molecule has 0 unspecified atom stereocenters. The lowest BCUT2D eigenvalue weighted by molar-refractivity contribution is 0.626. The highest BCUT2D eigenvalue weighted by molar-refractivity contribution is 5.78. The van der Waals surface area contributed by atoms with Gasteiger partial charge in [0.25, 0.3) is 6.01 Å². The van der Waals surface area contributed by atoms with Crippen molar-refractivity contribution in [1.29, 1.82) is 0 Å². The van der Waals surface area contributed by atoms with E-state index in [0.29, 0.717) is 0 Å². The first-order chi connectivity index (χ1) is 5.68. The molecule has 0 spiro atoms. The molecule has 0 amide bonds. The van der Waals surface area contributed by atoms with Gasteiger partial charge in [-0.25, -0.2) is 0 Å². The number of oxazole rings is 1. The number of nitrogen functional groups attached to an aromatic ring is 1. The van der Waals surface area contributed by atoms with Crippen LogP contribution in [0.2, 0.25) is 0 Å². The zero-order valence-corrected chi connectivity index (χ0v) is 7.09. The van der Waals surface area contributed by atoms with Crippen molar-refractivity contribution in [2.75, 3.05) is 5.73 Å². The van der Waals surface area contributed by atoms with Crippen molar-refractivity contribution in [2.45, 2.75) is 13.8 Å². The van der Waals surface area contributed by atoms with Gasteiger partial charge in [0.2, 0.25) is 0 Å². The smallest absolute Gasteiger partial charge is 0.292 e. The number of benzene rings is 1. The summed E-state index contributed by atoms with van der Waals surface area (Å²) in [5, 5.41) is 0. The van der Waals surface area contributed by atoms with Gasteiger partial charge in [-0.15, -0.1) is 0 Å². The third-order valence-corrected chi connectivity index (χ3v) is 2.10. The van der Waals surface area contributed by atoms with E-state index in [1.54, 1.807) is 0 Å². The highest BCUT2D eigenvalue weighted by atomic mass is 16.4. The molecule has 0 fully saturated rings. The van der Waals surface area contributed by atoms with Crippen LogP contribution in [0.15, 0.2) is 16.5 Å². The lowest BCUT2D eigenvalue weighted by atomic mass is 10.1. The summed E-state index contributed by atoms with van der Waals surface area (Å²) in [5.41, 5.74) is 9.40. The molecule has 2 aromatic rings. The first-order valence-electron chi connectivity index (χ1n) is 3.80. The average molecular weight is 162 g/mol. The fourth-order valence-corrected chi connectivity index (χ4v) is 1.24. The summed E-state index contributed by atoms with van der Waals surface area (Å²) < 4.78 is 5.17. The van der Waals surface area contributed by atoms with Crippen molar-refractivity contribution in [3.05, 3.63) is 23.3 Å². The van der Waals surface area contributed by atoms with Gasteiger partial charge in [-0.3, -0.25) is 0 Å². The van der Waals surface area contributed by atoms with Crippen LogP contribution >= 0.6 is 0 Å². The second-order valence-corrected chi connectivity index (χ2v) is 2.91. The summed E-state index contributed by atoms with van der Waals surface area (Å²) in [4.78, 5) is 4.08. The van der Waals surface area contributed by atoms with Crippen molar-refractivity contribution in [1.82, 2.24) is 4.98 Å². The zero-order valence-electron chi connectivity index (χ0n) is 7.09. The number of fused-ring (bicyclic) bond motifs is 1. The van der Waals surface area contributed by atoms with Gasteiger partial charge in [-0.05, 0) is 31.0 Å². The minimum Gasteiger partial charge on any atom is -0.424 e. The van der Waals surface area contributed by atoms with Crippen LogP contribution in [0.25, 0.3) is 11.1 Å². The lowest BCUT2D eigenvalue weighted by Crippen LogP contribution is -1.83. The molecule has 2 N–H and O–H groups in total. The Morgan fingerprint density at radius 2 is 2.08 bits per heavy atom. The molecule has 1 aromatic carbocycles. The molecule has 12 heavy (non-hydrogen) atoms. The van der Waals surface area contributed by atoms with Crippen LogP contribution in [0, 0.1) is 13.8 Å². The number of aromatic nitrogens is 1. The van der Waals surface area contributed by atoms with Crippen molar-refractivity contribution in [3.63, 3.8) is 0 Å². The average Bonchev–Trinajstić information content (AvgIpc) is 2.39. The second kappa shape index (κ2) is 2.24. The Bertz CT molecular complexity index is 431. The van der Waals surface area contributed by atoms with E-state index >= 15 is 0 Å².